The van der Waals surface area contributed by atoms with Gasteiger partial charge in [-0.3, -0.25) is 10.1 Å². The van der Waals surface area contributed by atoms with Gasteiger partial charge in [-0.15, -0.1) is 0 Å². The standard InChI is InChI=1S/C20H17NO8S2/c1-14-3-8-17(9-4-14)30(24,25)28-16-7-12-20(19(13-16)21(22)23)29-31(26,27)18-10-5-15(2)6-11-18/h3-13H,1-2H3. The van der Waals surface area contributed by atoms with Gasteiger partial charge in [0.25, 0.3) is 0 Å². The maximum absolute atomic E-state index is 12.4. The van der Waals surface area contributed by atoms with Crippen molar-refractivity contribution < 1.29 is 30.1 Å². The van der Waals surface area contributed by atoms with E-state index in [0.717, 1.165) is 29.3 Å². The molecule has 3 aromatic rings. The fourth-order valence-corrected chi connectivity index (χ4v) is 4.38. The molecule has 0 aliphatic carbocycles. The van der Waals surface area contributed by atoms with E-state index in [0.29, 0.717) is 0 Å². The van der Waals surface area contributed by atoms with E-state index in [4.69, 9.17) is 8.37 Å². The van der Waals surface area contributed by atoms with E-state index in [1.807, 2.05) is 0 Å². The Morgan fingerprint density at radius 3 is 1.61 bits per heavy atom. The van der Waals surface area contributed by atoms with E-state index in [9.17, 15) is 26.9 Å². The van der Waals surface area contributed by atoms with Crippen LogP contribution in [0.25, 0.3) is 0 Å². The van der Waals surface area contributed by atoms with Crippen molar-refractivity contribution in [2.45, 2.75) is 23.6 Å². The Hall–Kier alpha value is -3.44. The van der Waals surface area contributed by atoms with Crippen LogP contribution in [0.3, 0.4) is 0 Å². The van der Waals surface area contributed by atoms with Gasteiger partial charge < -0.3 is 8.37 Å². The fourth-order valence-electron chi connectivity index (χ4n) is 2.51. The second-order valence-electron chi connectivity index (χ2n) is 6.59. The molecule has 0 amide bonds. The van der Waals surface area contributed by atoms with Crippen molar-refractivity contribution in [3.8, 4) is 11.5 Å². The molecule has 3 rings (SSSR count). The zero-order chi connectivity index (χ0) is 22.8. The molecule has 0 fully saturated rings. The number of rotatable bonds is 7. The molecule has 0 saturated heterocycles. The molecule has 0 aliphatic rings. The molecule has 0 unspecified atom stereocenters. The second kappa shape index (κ2) is 8.36. The highest BCUT2D eigenvalue weighted by molar-refractivity contribution is 7.87. The quantitative estimate of drug-likeness (QED) is 0.294. The van der Waals surface area contributed by atoms with Gasteiger partial charge in [0.05, 0.1) is 11.0 Å². The first kappa shape index (κ1) is 22.2. The number of aryl methyl sites for hydroxylation is 2. The number of nitro groups is 1. The van der Waals surface area contributed by atoms with Gasteiger partial charge in [-0.05, 0) is 50.2 Å². The Bertz CT molecular complexity index is 1330. The Labute approximate surface area is 179 Å². The Balaban J connectivity index is 1.92. The zero-order valence-corrected chi connectivity index (χ0v) is 18.0. The molecule has 0 heterocycles. The van der Waals surface area contributed by atoms with Crippen LogP contribution in [0.1, 0.15) is 11.1 Å². The summed E-state index contributed by atoms with van der Waals surface area (Å²) in [6.45, 7) is 3.55. The molecule has 0 bridgehead atoms. The zero-order valence-electron chi connectivity index (χ0n) is 16.4. The predicted molar refractivity (Wildman–Crippen MR) is 111 cm³/mol. The Morgan fingerprint density at radius 1 is 0.710 bits per heavy atom. The first-order valence-corrected chi connectivity index (χ1v) is 11.6. The highest BCUT2D eigenvalue weighted by atomic mass is 32.2. The minimum absolute atomic E-state index is 0.136. The summed E-state index contributed by atoms with van der Waals surface area (Å²) in [7, 11) is -8.59. The molecule has 0 aliphatic heterocycles. The summed E-state index contributed by atoms with van der Waals surface area (Å²) < 4.78 is 59.6. The smallest absolute Gasteiger partial charge is 0.339 e. The summed E-state index contributed by atoms with van der Waals surface area (Å²) in [5.74, 6) is -0.946. The lowest BCUT2D eigenvalue weighted by atomic mass is 10.2. The van der Waals surface area contributed by atoms with Crippen LogP contribution in [0.5, 0.6) is 11.5 Å². The van der Waals surface area contributed by atoms with E-state index in [1.165, 1.54) is 24.3 Å². The van der Waals surface area contributed by atoms with Gasteiger partial charge in [0, 0.05) is 0 Å². The van der Waals surface area contributed by atoms with Crippen LogP contribution in [0.4, 0.5) is 5.69 Å². The molecule has 0 spiro atoms. The summed E-state index contributed by atoms with van der Waals surface area (Å²) in [6.07, 6.45) is 0. The van der Waals surface area contributed by atoms with Gasteiger partial charge >= 0.3 is 25.9 Å². The largest absolute Gasteiger partial charge is 0.379 e. The van der Waals surface area contributed by atoms with Gasteiger partial charge in [0.1, 0.15) is 15.5 Å². The monoisotopic (exact) mass is 463 g/mol. The van der Waals surface area contributed by atoms with Crippen LogP contribution in [0, 0.1) is 24.0 Å². The molecule has 3 aromatic carbocycles. The third-order valence-corrected chi connectivity index (χ3v) is 6.66. The molecular weight excluding hydrogens is 446 g/mol. The molecule has 162 valence electrons. The molecule has 0 atom stereocenters. The van der Waals surface area contributed by atoms with Gasteiger partial charge in [0.15, 0.2) is 0 Å². The number of hydrogen-bond donors (Lipinski definition) is 0. The van der Waals surface area contributed by atoms with Gasteiger partial charge in [-0.1, -0.05) is 35.4 Å². The molecule has 0 aromatic heterocycles. The second-order valence-corrected chi connectivity index (χ2v) is 9.68. The molecule has 31 heavy (non-hydrogen) atoms. The van der Waals surface area contributed by atoms with E-state index in [-0.39, 0.29) is 15.5 Å². The average Bonchev–Trinajstić information content (AvgIpc) is 2.69. The van der Waals surface area contributed by atoms with Crippen LogP contribution >= 0.6 is 0 Å². The van der Waals surface area contributed by atoms with Crippen molar-refractivity contribution in [1.29, 1.82) is 0 Å². The van der Waals surface area contributed by atoms with Crippen molar-refractivity contribution in [2.75, 3.05) is 0 Å². The van der Waals surface area contributed by atoms with Crippen LogP contribution in [-0.4, -0.2) is 21.8 Å². The van der Waals surface area contributed by atoms with Crippen molar-refractivity contribution >= 4 is 25.9 Å². The fraction of sp³-hybridized carbons (Fsp3) is 0.100. The predicted octanol–water partition coefficient (Wildman–Crippen LogP) is 3.75. The van der Waals surface area contributed by atoms with Crippen LogP contribution in [-0.2, 0) is 20.2 Å². The molecule has 9 nitrogen and oxygen atoms in total. The van der Waals surface area contributed by atoms with Gasteiger partial charge in [-0.2, -0.15) is 16.8 Å². The summed E-state index contributed by atoms with van der Waals surface area (Å²) in [5.41, 5.74) is 0.888. The highest BCUT2D eigenvalue weighted by Crippen LogP contribution is 2.34. The van der Waals surface area contributed by atoms with E-state index in [1.54, 1.807) is 38.1 Å². The lowest BCUT2D eigenvalue weighted by molar-refractivity contribution is -0.385. The lowest BCUT2D eigenvalue weighted by Gasteiger charge is -2.10. The van der Waals surface area contributed by atoms with Crippen LogP contribution < -0.4 is 8.37 Å². The Kier molecular flexibility index (Phi) is 6.00. The third-order valence-electron chi connectivity index (χ3n) is 4.15. The number of nitrogens with zero attached hydrogens (tertiary/aromatic N) is 1. The molecule has 0 N–H and O–H groups in total. The average molecular weight is 463 g/mol. The van der Waals surface area contributed by atoms with Crippen LogP contribution in [0.2, 0.25) is 0 Å². The number of nitro benzene ring substituents is 1. The first-order valence-electron chi connectivity index (χ1n) is 8.79. The SMILES string of the molecule is Cc1ccc(S(=O)(=O)Oc2ccc(OS(=O)(=O)c3ccc(C)cc3)c([N+](=O)[O-])c2)cc1. The van der Waals surface area contributed by atoms with Crippen molar-refractivity contribution in [2.24, 2.45) is 0 Å². The Morgan fingerprint density at radius 2 is 1.16 bits per heavy atom. The molecule has 0 saturated carbocycles. The molecule has 11 heteroatoms. The normalized spacial score (nSPS) is 11.7. The van der Waals surface area contributed by atoms with Gasteiger partial charge in [0.2, 0.25) is 5.75 Å². The first-order chi connectivity index (χ1) is 14.5. The summed E-state index contributed by atoms with van der Waals surface area (Å²) >= 11 is 0. The minimum Gasteiger partial charge on any atom is -0.379 e. The summed E-state index contributed by atoms with van der Waals surface area (Å²) in [6, 6.07) is 14.4. The topological polar surface area (TPSA) is 130 Å². The van der Waals surface area contributed by atoms with Crippen LogP contribution in [0.15, 0.2) is 76.5 Å². The minimum atomic E-state index is -4.34. The van der Waals surface area contributed by atoms with E-state index in [2.05, 4.69) is 0 Å². The summed E-state index contributed by atoms with van der Waals surface area (Å²) in [4.78, 5) is 10.2. The highest BCUT2D eigenvalue weighted by Gasteiger charge is 2.26. The number of hydrogen-bond acceptors (Lipinski definition) is 8. The van der Waals surface area contributed by atoms with Gasteiger partial charge in [-0.25, -0.2) is 0 Å². The van der Waals surface area contributed by atoms with E-state index >= 15 is 0 Å². The maximum Gasteiger partial charge on any atom is 0.339 e. The maximum atomic E-state index is 12.4. The molecule has 0 radical (unpaired) electrons. The summed E-state index contributed by atoms with van der Waals surface area (Å²) in [5, 5.41) is 11.4. The van der Waals surface area contributed by atoms with Crippen molar-refractivity contribution in [3.63, 3.8) is 0 Å². The lowest BCUT2D eigenvalue weighted by Crippen LogP contribution is -2.12. The third kappa shape index (κ3) is 5.19. The van der Waals surface area contributed by atoms with E-state index < -0.39 is 36.6 Å². The molecular formula is C20H17NO8S2. The van der Waals surface area contributed by atoms with Crippen molar-refractivity contribution in [3.05, 3.63) is 88.0 Å². The van der Waals surface area contributed by atoms with Crippen molar-refractivity contribution in [1.82, 2.24) is 0 Å². The number of benzene rings is 3.